The maximum Gasteiger partial charge on any atom is 0.223 e. The van der Waals surface area contributed by atoms with Crippen LogP contribution in [0.2, 0.25) is 10.0 Å². The zero-order valence-corrected chi connectivity index (χ0v) is 22.8. The molecule has 0 fully saturated rings. The van der Waals surface area contributed by atoms with E-state index < -0.39 is 12.1 Å². The highest BCUT2D eigenvalue weighted by Crippen LogP contribution is 2.32. The van der Waals surface area contributed by atoms with Crippen molar-refractivity contribution >= 4 is 34.8 Å². The van der Waals surface area contributed by atoms with Crippen LogP contribution in [0.3, 0.4) is 0 Å². The Bertz CT molecular complexity index is 1110. The summed E-state index contributed by atoms with van der Waals surface area (Å²) < 4.78 is 5.70. The van der Waals surface area contributed by atoms with Gasteiger partial charge in [0.2, 0.25) is 5.91 Å². The van der Waals surface area contributed by atoms with Gasteiger partial charge in [0.15, 0.2) is 0 Å². The number of nitrogen functional groups attached to an aromatic ring is 1. The molecule has 0 bridgehead atoms. The van der Waals surface area contributed by atoms with Gasteiger partial charge in [-0.25, -0.2) is 0 Å². The van der Waals surface area contributed by atoms with Crippen LogP contribution in [0.1, 0.15) is 54.6 Å². The monoisotopic (exact) mass is 559 g/mol. The number of carbonyl (C=O) groups excluding carboxylic acids is 1. The molecule has 1 heterocycles. The molecule has 3 rings (SSSR count). The number of anilines is 1. The van der Waals surface area contributed by atoms with E-state index in [1.165, 1.54) is 4.90 Å². The van der Waals surface area contributed by atoms with Crippen LogP contribution in [0, 0.1) is 0 Å². The number of halogens is 2. The van der Waals surface area contributed by atoms with Crippen molar-refractivity contribution in [2.24, 2.45) is 0 Å². The minimum Gasteiger partial charge on any atom is -0.396 e. The van der Waals surface area contributed by atoms with Crippen molar-refractivity contribution in [3.63, 3.8) is 0 Å². The molecular formula is C29H35Cl2N3O4. The first-order valence-corrected chi connectivity index (χ1v) is 13.5. The van der Waals surface area contributed by atoms with Gasteiger partial charge < -0.3 is 25.6 Å². The minimum absolute atomic E-state index is 0.0356. The summed E-state index contributed by atoms with van der Waals surface area (Å²) in [5.41, 5.74) is 8.28. The topological polar surface area (TPSA) is 109 Å². The normalized spacial score (nSPS) is 12.7. The van der Waals surface area contributed by atoms with Gasteiger partial charge in [0.25, 0.3) is 0 Å². The smallest absolute Gasteiger partial charge is 0.223 e. The van der Waals surface area contributed by atoms with E-state index in [-0.39, 0.29) is 41.2 Å². The molecule has 0 saturated heterocycles. The van der Waals surface area contributed by atoms with Crippen molar-refractivity contribution < 1.29 is 19.7 Å². The summed E-state index contributed by atoms with van der Waals surface area (Å²) in [4.78, 5) is 19.2. The van der Waals surface area contributed by atoms with Gasteiger partial charge in [-0.15, -0.1) is 0 Å². The summed E-state index contributed by atoms with van der Waals surface area (Å²) in [7, 11) is 0. The first-order valence-electron chi connectivity index (χ1n) is 12.8. The van der Waals surface area contributed by atoms with Crippen molar-refractivity contribution in [3.05, 3.63) is 93.7 Å². The second-order valence-corrected chi connectivity index (χ2v) is 9.88. The highest BCUT2D eigenvalue weighted by molar-refractivity contribution is 6.38. The maximum atomic E-state index is 13.4. The number of aliphatic hydroxyl groups is 2. The third-order valence-electron chi connectivity index (χ3n) is 6.32. The lowest BCUT2D eigenvalue weighted by Crippen LogP contribution is -2.39. The molecule has 2 atom stereocenters. The summed E-state index contributed by atoms with van der Waals surface area (Å²) in [6.45, 7) is 0.906. The number of hydrogen-bond acceptors (Lipinski definition) is 6. The number of aliphatic hydroxyl groups excluding tert-OH is 2. The van der Waals surface area contributed by atoms with Gasteiger partial charge in [0.1, 0.15) is 0 Å². The number of amides is 1. The Morgan fingerprint density at radius 2 is 1.68 bits per heavy atom. The number of aromatic nitrogens is 1. The Hall–Kier alpha value is -2.68. The summed E-state index contributed by atoms with van der Waals surface area (Å²) in [6.07, 6.45) is 4.08. The zero-order chi connectivity index (χ0) is 27.3. The molecule has 38 heavy (non-hydrogen) atoms. The van der Waals surface area contributed by atoms with E-state index in [0.29, 0.717) is 25.2 Å². The van der Waals surface area contributed by atoms with Crippen LogP contribution in [0.5, 0.6) is 0 Å². The second-order valence-electron chi connectivity index (χ2n) is 9.06. The van der Waals surface area contributed by atoms with Crippen molar-refractivity contribution in [3.8, 4) is 0 Å². The molecule has 3 aromatic rings. The molecule has 2 aromatic carbocycles. The quantitative estimate of drug-likeness (QED) is 0.170. The Morgan fingerprint density at radius 1 is 0.974 bits per heavy atom. The molecule has 0 aliphatic heterocycles. The molecule has 1 aromatic heterocycles. The van der Waals surface area contributed by atoms with Crippen LogP contribution in [-0.4, -0.2) is 52.4 Å². The first kappa shape index (κ1) is 29.9. The number of carbonyl (C=O) groups is 1. The van der Waals surface area contributed by atoms with E-state index in [2.05, 4.69) is 4.98 Å². The third kappa shape index (κ3) is 8.96. The molecule has 0 unspecified atom stereocenters. The van der Waals surface area contributed by atoms with E-state index in [1.807, 2.05) is 48.5 Å². The fourth-order valence-electron chi connectivity index (χ4n) is 4.18. The number of nitrogens with two attached hydrogens (primary N) is 1. The van der Waals surface area contributed by atoms with Crippen LogP contribution < -0.4 is 5.73 Å². The predicted molar refractivity (Wildman–Crippen MR) is 151 cm³/mol. The van der Waals surface area contributed by atoms with Crippen molar-refractivity contribution in [2.75, 3.05) is 32.1 Å². The van der Waals surface area contributed by atoms with Crippen molar-refractivity contribution in [1.82, 2.24) is 9.88 Å². The lowest BCUT2D eigenvalue weighted by atomic mass is 10.0. The molecule has 0 radical (unpaired) electrons. The SMILES string of the molecule is Nc1c(Cl)cc([C@@H](O)CN(C(=O)CCCCCOCCc2ccccn2)[C@H](CO)c2ccccc2)cc1Cl. The lowest BCUT2D eigenvalue weighted by Gasteiger charge is -2.33. The molecule has 9 heteroatoms. The number of nitrogens with zero attached hydrogens (tertiary/aromatic N) is 2. The molecule has 0 spiro atoms. The number of rotatable bonds is 15. The number of hydrogen-bond donors (Lipinski definition) is 3. The molecule has 1 amide bonds. The van der Waals surface area contributed by atoms with E-state index in [0.717, 1.165) is 30.5 Å². The van der Waals surface area contributed by atoms with Crippen molar-refractivity contribution in [2.45, 2.75) is 44.2 Å². The second kappa shape index (κ2) is 15.7. The summed E-state index contributed by atoms with van der Waals surface area (Å²) in [6, 6.07) is 17.6. The molecule has 0 aliphatic carbocycles. The highest BCUT2D eigenvalue weighted by Gasteiger charge is 2.27. The van der Waals surface area contributed by atoms with Gasteiger partial charge in [0.05, 0.1) is 47.6 Å². The largest absolute Gasteiger partial charge is 0.396 e. The standard InChI is InChI=1S/C29H35Cl2N3O4/c30-24-17-22(18-25(31)29(24)32)27(36)19-34(26(20-35)21-9-3-1-4-10-21)28(37)12-5-2-8-15-38-16-13-23-11-6-7-14-33-23/h1,3-4,6-7,9-11,14,17-18,26-27,35-36H,2,5,8,12-13,15-16,19-20,32H2/t26-,27+/m1/s1. The van der Waals surface area contributed by atoms with Crippen molar-refractivity contribution in [1.29, 1.82) is 0 Å². The van der Waals surface area contributed by atoms with Gasteiger partial charge >= 0.3 is 0 Å². The highest BCUT2D eigenvalue weighted by atomic mass is 35.5. The van der Waals surface area contributed by atoms with Gasteiger partial charge in [-0.2, -0.15) is 0 Å². The summed E-state index contributed by atoms with van der Waals surface area (Å²) >= 11 is 12.3. The fraction of sp³-hybridized carbons (Fsp3) is 0.379. The summed E-state index contributed by atoms with van der Waals surface area (Å²) in [5.74, 6) is -0.157. The minimum atomic E-state index is -1.07. The van der Waals surface area contributed by atoms with Gasteiger partial charge in [-0.05, 0) is 48.2 Å². The summed E-state index contributed by atoms with van der Waals surface area (Å²) in [5, 5.41) is 21.7. The Labute approximate surface area is 234 Å². The first-order chi connectivity index (χ1) is 18.4. The number of ether oxygens (including phenoxy) is 1. The molecule has 0 aliphatic rings. The van der Waals surface area contributed by atoms with E-state index in [9.17, 15) is 15.0 Å². The van der Waals surface area contributed by atoms with Gasteiger partial charge in [-0.1, -0.05) is 66.0 Å². The van der Waals surface area contributed by atoms with Gasteiger partial charge in [0, 0.05) is 31.3 Å². The van der Waals surface area contributed by atoms with Crippen LogP contribution in [0.4, 0.5) is 5.69 Å². The van der Waals surface area contributed by atoms with Gasteiger partial charge in [-0.3, -0.25) is 9.78 Å². The van der Waals surface area contributed by atoms with E-state index in [1.54, 1.807) is 18.3 Å². The average molecular weight is 561 g/mol. The number of unbranched alkanes of at least 4 members (excludes halogenated alkanes) is 2. The van der Waals surface area contributed by atoms with E-state index in [4.69, 9.17) is 33.7 Å². The molecule has 0 saturated carbocycles. The molecule has 7 nitrogen and oxygen atoms in total. The molecular weight excluding hydrogens is 525 g/mol. The van der Waals surface area contributed by atoms with E-state index >= 15 is 0 Å². The molecule has 4 N–H and O–H groups in total. The maximum absolute atomic E-state index is 13.4. The lowest BCUT2D eigenvalue weighted by molar-refractivity contribution is -0.136. The number of benzene rings is 2. The Morgan fingerprint density at radius 3 is 2.34 bits per heavy atom. The van der Waals surface area contributed by atoms with Crippen LogP contribution in [0.15, 0.2) is 66.9 Å². The van der Waals surface area contributed by atoms with Crippen LogP contribution in [0.25, 0.3) is 0 Å². The van der Waals surface area contributed by atoms with Crippen LogP contribution in [-0.2, 0) is 16.0 Å². The predicted octanol–water partition coefficient (Wildman–Crippen LogP) is 5.39. The zero-order valence-electron chi connectivity index (χ0n) is 21.3. The Kier molecular flexibility index (Phi) is 12.3. The fourth-order valence-corrected chi connectivity index (χ4v) is 4.68. The van der Waals surface area contributed by atoms with Crippen LogP contribution >= 0.6 is 23.2 Å². The Balaban J connectivity index is 1.56. The molecule has 204 valence electrons. The third-order valence-corrected chi connectivity index (χ3v) is 6.94. The number of pyridine rings is 1. The average Bonchev–Trinajstić information content (AvgIpc) is 2.93.